The molecule has 1 rings (SSSR count). The first-order chi connectivity index (χ1) is 7.24. The number of hydrogen-bond acceptors (Lipinski definition) is 5. The highest BCUT2D eigenvalue weighted by Gasteiger charge is 2.12. The lowest BCUT2D eigenvalue weighted by Gasteiger charge is -2.07. The van der Waals surface area contributed by atoms with Crippen LogP contribution in [0.1, 0.15) is 5.69 Å². The third-order valence-electron chi connectivity index (χ3n) is 1.78. The molecular formula is C10H14N2O2S. The van der Waals surface area contributed by atoms with Gasteiger partial charge in [0.15, 0.2) is 0 Å². The maximum atomic E-state index is 11.0. The third kappa shape index (κ3) is 4.31. The average Bonchev–Trinajstić information content (AvgIpc) is 2.29. The van der Waals surface area contributed by atoms with Crippen molar-refractivity contribution in [1.29, 1.82) is 0 Å². The van der Waals surface area contributed by atoms with Crippen LogP contribution in [0.5, 0.6) is 0 Å². The topological polar surface area (TPSA) is 65.2 Å². The molecule has 0 saturated carbocycles. The molecule has 82 valence electrons. The number of ether oxygens (including phenoxy) is 1. The maximum Gasteiger partial charge on any atom is 0.323 e. The van der Waals surface area contributed by atoms with E-state index >= 15 is 0 Å². The lowest BCUT2D eigenvalue weighted by molar-refractivity contribution is -0.141. The molecule has 1 heterocycles. The van der Waals surface area contributed by atoms with Crippen LogP contribution in [0.3, 0.4) is 0 Å². The summed E-state index contributed by atoms with van der Waals surface area (Å²) in [6.45, 7) is 0. The van der Waals surface area contributed by atoms with Crippen molar-refractivity contribution >= 4 is 17.7 Å². The molecule has 0 aliphatic rings. The van der Waals surface area contributed by atoms with Gasteiger partial charge in [-0.25, -0.2) is 0 Å². The Morgan fingerprint density at radius 3 is 3.07 bits per heavy atom. The van der Waals surface area contributed by atoms with Gasteiger partial charge in [-0.15, -0.1) is 0 Å². The van der Waals surface area contributed by atoms with Gasteiger partial charge in [0.05, 0.1) is 12.8 Å². The first-order valence-electron chi connectivity index (χ1n) is 4.55. The Morgan fingerprint density at radius 1 is 1.67 bits per heavy atom. The second kappa shape index (κ2) is 6.42. The maximum absolute atomic E-state index is 11.0. The molecule has 1 aromatic rings. The molecule has 0 radical (unpaired) electrons. The van der Waals surface area contributed by atoms with Gasteiger partial charge in [0, 0.05) is 17.7 Å². The van der Waals surface area contributed by atoms with Gasteiger partial charge >= 0.3 is 5.97 Å². The largest absolute Gasteiger partial charge is 0.468 e. The molecule has 0 saturated heterocycles. The lowest BCUT2D eigenvalue weighted by Crippen LogP contribution is -2.33. The Hall–Kier alpha value is -1.07. The Bertz CT molecular complexity index is 306. The van der Waals surface area contributed by atoms with E-state index in [9.17, 15) is 4.79 Å². The van der Waals surface area contributed by atoms with E-state index in [1.54, 1.807) is 18.0 Å². The SMILES string of the molecule is COC(=O)[C@@H](N)CSCc1ccccn1. The van der Waals surface area contributed by atoms with Crippen LogP contribution in [-0.2, 0) is 15.3 Å². The summed E-state index contributed by atoms with van der Waals surface area (Å²) in [5, 5.41) is 0. The Balaban J connectivity index is 2.25. The van der Waals surface area contributed by atoms with Crippen LogP contribution >= 0.6 is 11.8 Å². The monoisotopic (exact) mass is 226 g/mol. The van der Waals surface area contributed by atoms with Crippen LogP contribution < -0.4 is 5.73 Å². The fourth-order valence-corrected chi connectivity index (χ4v) is 1.88. The van der Waals surface area contributed by atoms with Crippen LogP contribution in [0.2, 0.25) is 0 Å². The number of esters is 1. The number of aromatic nitrogens is 1. The van der Waals surface area contributed by atoms with Gasteiger partial charge < -0.3 is 10.5 Å². The first-order valence-corrected chi connectivity index (χ1v) is 5.70. The van der Waals surface area contributed by atoms with Crippen LogP contribution in [0, 0.1) is 0 Å². The van der Waals surface area contributed by atoms with Crippen molar-refractivity contribution in [3.8, 4) is 0 Å². The summed E-state index contributed by atoms with van der Waals surface area (Å²) in [5.74, 6) is 0.929. The highest BCUT2D eigenvalue weighted by molar-refractivity contribution is 7.98. The van der Waals surface area contributed by atoms with Gasteiger partial charge in [-0.2, -0.15) is 11.8 Å². The molecule has 2 N–H and O–H groups in total. The highest BCUT2D eigenvalue weighted by Crippen LogP contribution is 2.10. The third-order valence-corrected chi connectivity index (χ3v) is 2.87. The minimum Gasteiger partial charge on any atom is -0.468 e. The van der Waals surface area contributed by atoms with Gasteiger partial charge in [-0.1, -0.05) is 6.07 Å². The predicted molar refractivity (Wildman–Crippen MR) is 60.4 cm³/mol. The van der Waals surface area contributed by atoms with Crippen LogP contribution in [0.4, 0.5) is 0 Å². The van der Waals surface area contributed by atoms with Crippen molar-refractivity contribution < 1.29 is 9.53 Å². The number of thioether (sulfide) groups is 1. The Labute approximate surface area is 93.2 Å². The summed E-state index contributed by atoms with van der Waals surface area (Å²) in [6, 6.07) is 5.19. The number of carbonyl (C=O) groups is 1. The van der Waals surface area contributed by atoms with Crippen molar-refractivity contribution in [3.05, 3.63) is 30.1 Å². The smallest absolute Gasteiger partial charge is 0.323 e. The van der Waals surface area contributed by atoms with Gasteiger partial charge in [0.1, 0.15) is 6.04 Å². The van der Waals surface area contributed by atoms with Crippen molar-refractivity contribution in [3.63, 3.8) is 0 Å². The number of nitrogens with two attached hydrogens (primary N) is 1. The number of methoxy groups -OCH3 is 1. The summed E-state index contributed by atoms with van der Waals surface area (Å²) < 4.78 is 4.52. The number of nitrogens with zero attached hydrogens (tertiary/aromatic N) is 1. The fourth-order valence-electron chi connectivity index (χ4n) is 0.993. The summed E-state index contributed by atoms with van der Waals surface area (Å²) in [7, 11) is 1.34. The van der Waals surface area contributed by atoms with Gasteiger partial charge in [0.2, 0.25) is 0 Å². The summed E-state index contributed by atoms with van der Waals surface area (Å²) in [6.07, 6.45) is 1.75. The standard InChI is InChI=1S/C10H14N2O2S/c1-14-10(13)9(11)7-15-6-8-4-2-3-5-12-8/h2-5,9H,6-7,11H2,1H3/t9-/m0/s1. The van der Waals surface area contributed by atoms with Crippen molar-refractivity contribution in [2.75, 3.05) is 12.9 Å². The van der Waals surface area contributed by atoms with Gasteiger partial charge in [0.25, 0.3) is 0 Å². The zero-order valence-electron chi connectivity index (χ0n) is 8.55. The molecule has 0 aromatic carbocycles. The minimum absolute atomic E-state index is 0.372. The number of pyridine rings is 1. The molecule has 4 nitrogen and oxygen atoms in total. The zero-order chi connectivity index (χ0) is 11.1. The van der Waals surface area contributed by atoms with E-state index in [-0.39, 0.29) is 5.97 Å². The summed E-state index contributed by atoms with van der Waals surface area (Å²) >= 11 is 1.57. The molecule has 5 heteroatoms. The second-order valence-corrected chi connectivity index (χ2v) is 4.00. The molecule has 0 fully saturated rings. The highest BCUT2D eigenvalue weighted by atomic mass is 32.2. The zero-order valence-corrected chi connectivity index (χ0v) is 9.37. The van der Waals surface area contributed by atoms with Crippen LogP contribution in [-0.4, -0.2) is 29.9 Å². The summed E-state index contributed by atoms with van der Waals surface area (Å²) in [5.41, 5.74) is 6.56. The first kappa shape index (κ1) is 12.0. The Morgan fingerprint density at radius 2 is 2.47 bits per heavy atom. The van der Waals surface area contributed by atoms with E-state index in [1.165, 1.54) is 7.11 Å². The molecule has 0 aliphatic heterocycles. The van der Waals surface area contributed by atoms with Crippen molar-refractivity contribution in [2.45, 2.75) is 11.8 Å². The normalized spacial score (nSPS) is 12.1. The minimum atomic E-state index is -0.552. The molecule has 0 unspecified atom stereocenters. The molecule has 0 spiro atoms. The van der Waals surface area contributed by atoms with Gasteiger partial charge in [-0.05, 0) is 12.1 Å². The Kier molecular flexibility index (Phi) is 5.14. The molecular weight excluding hydrogens is 212 g/mol. The molecule has 15 heavy (non-hydrogen) atoms. The van der Waals surface area contributed by atoms with Crippen molar-refractivity contribution in [1.82, 2.24) is 4.98 Å². The number of hydrogen-bond donors (Lipinski definition) is 1. The molecule has 1 atom stereocenters. The number of carbonyl (C=O) groups excluding carboxylic acids is 1. The average molecular weight is 226 g/mol. The molecule has 0 aliphatic carbocycles. The van der Waals surface area contributed by atoms with Crippen LogP contribution in [0.25, 0.3) is 0 Å². The van der Waals surface area contributed by atoms with E-state index in [1.807, 2.05) is 18.2 Å². The predicted octanol–water partition coefficient (Wildman–Crippen LogP) is 0.815. The second-order valence-electron chi connectivity index (χ2n) is 2.97. The van der Waals surface area contributed by atoms with Crippen molar-refractivity contribution in [2.24, 2.45) is 5.73 Å². The van der Waals surface area contributed by atoms with E-state index in [0.717, 1.165) is 11.4 Å². The van der Waals surface area contributed by atoms with E-state index in [0.29, 0.717) is 5.75 Å². The molecule has 0 amide bonds. The molecule has 0 bridgehead atoms. The quantitative estimate of drug-likeness (QED) is 0.753. The van der Waals surface area contributed by atoms with E-state index in [4.69, 9.17) is 5.73 Å². The van der Waals surface area contributed by atoms with E-state index < -0.39 is 6.04 Å². The lowest BCUT2D eigenvalue weighted by atomic mass is 10.4. The summed E-state index contributed by atoms with van der Waals surface area (Å²) in [4.78, 5) is 15.1. The number of rotatable bonds is 5. The van der Waals surface area contributed by atoms with E-state index in [2.05, 4.69) is 9.72 Å². The molecule has 1 aromatic heterocycles. The van der Waals surface area contributed by atoms with Gasteiger partial charge in [-0.3, -0.25) is 9.78 Å². The fraction of sp³-hybridized carbons (Fsp3) is 0.400. The van der Waals surface area contributed by atoms with Crippen LogP contribution in [0.15, 0.2) is 24.4 Å².